The van der Waals surface area contributed by atoms with E-state index < -0.39 is 6.10 Å². The van der Waals surface area contributed by atoms with E-state index in [2.05, 4.69) is 10.4 Å². The summed E-state index contributed by atoms with van der Waals surface area (Å²) in [5.41, 5.74) is 2.75. The average Bonchev–Trinajstić information content (AvgIpc) is 2.41. The molecule has 98 valence electrons. The molecule has 2 atom stereocenters. The van der Waals surface area contributed by atoms with E-state index in [1.165, 1.54) is 0 Å². The Morgan fingerprint density at radius 3 is 3.06 bits per heavy atom. The van der Waals surface area contributed by atoms with Gasteiger partial charge in [0.1, 0.15) is 11.5 Å². The third kappa shape index (κ3) is 2.60. The Kier molecular flexibility index (Phi) is 3.78. The van der Waals surface area contributed by atoms with E-state index in [4.69, 9.17) is 5.84 Å². The van der Waals surface area contributed by atoms with Crippen LogP contribution in [0.5, 0.6) is 0 Å². The third-order valence-electron chi connectivity index (χ3n) is 3.32. The molecule has 0 spiro atoms. The third-order valence-corrected chi connectivity index (χ3v) is 3.32. The molecule has 2 unspecified atom stereocenters. The maximum Gasteiger partial charge on any atom is 0.272 e. The fraction of sp³-hybridized carbons (Fsp3) is 0.500. The second-order valence-electron chi connectivity index (χ2n) is 4.64. The van der Waals surface area contributed by atoms with Gasteiger partial charge in [0, 0.05) is 13.1 Å². The number of nitrogens with zero attached hydrogens (tertiary/aromatic N) is 2. The van der Waals surface area contributed by atoms with E-state index in [0.717, 1.165) is 6.42 Å². The van der Waals surface area contributed by atoms with Crippen molar-refractivity contribution in [2.45, 2.75) is 19.4 Å². The normalized spacial score (nSPS) is 23.8. The molecular formula is C12H18N4O2. The van der Waals surface area contributed by atoms with Crippen LogP contribution in [0.4, 0.5) is 5.82 Å². The predicted molar refractivity (Wildman–Crippen MR) is 67.7 cm³/mol. The van der Waals surface area contributed by atoms with Gasteiger partial charge in [-0.05, 0) is 24.5 Å². The Morgan fingerprint density at radius 2 is 2.39 bits per heavy atom. The van der Waals surface area contributed by atoms with E-state index in [1.54, 1.807) is 23.1 Å². The minimum atomic E-state index is -0.460. The molecule has 2 heterocycles. The molecule has 1 saturated heterocycles. The van der Waals surface area contributed by atoms with Gasteiger partial charge in [-0.1, -0.05) is 13.0 Å². The summed E-state index contributed by atoms with van der Waals surface area (Å²) < 4.78 is 0. The summed E-state index contributed by atoms with van der Waals surface area (Å²) in [7, 11) is 0. The zero-order valence-corrected chi connectivity index (χ0v) is 10.3. The Labute approximate surface area is 106 Å². The number of aromatic nitrogens is 1. The molecule has 1 aliphatic rings. The second kappa shape index (κ2) is 5.32. The highest BCUT2D eigenvalue weighted by Gasteiger charge is 2.28. The van der Waals surface area contributed by atoms with Crippen LogP contribution in [-0.2, 0) is 0 Å². The zero-order chi connectivity index (χ0) is 13.1. The SMILES string of the molecule is CC1CCN(C(=O)c2cccc(NN)n2)CC1O. The highest BCUT2D eigenvalue weighted by atomic mass is 16.3. The molecule has 0 saturated carbocycles. The molecule has 1 amide bonds. The van der Waals surface area contributed by atoms with Gasteiger partial charge < -0.3 is 15.4 Å². The van der Waals surface area contributed by atoms with Gasteiger partial charge in [-0.15, -0.1) is 0 Å². The van der Waals surface area contributed by atoms with Crippen LogP contribution in [-0.4, -0.2) is 40.1 Å². The molecular weight excluding hydrogens is 232 g/mol. The predicted octanol–water partition coefficient (Wildman–Crippen LogP) is 0.210. The summed E-state index contributed by atoms with van der Waals surface area (Å²) in [5, 5.41) is 9.80. The van der Waals surface area contributed by atoms with Gasteiger partial charge in [-0.3, -0.25) is 4.79 Å². The molecule has 0 aliphatic carbocycles. The summed E-state index contributed by atoms with van der Waals surface area (Å²) in [5.74, 6) is 5.78. The highest BCUT2D eigenvalue weighted by molar-refractivity contribution is 5.92. The lowest BCUT2D eigenvalue weighted by atomic mass is 9.96. The Hall–Kier alpha value is -1.66. The number of hydrogen-bond donors (Lipinski definition) is 3. The smallest absolute Gasteiger partial charge is 0.272 e. The van der Waals surface area contributed by atoms with Gasteiger partial charge in [-0.25, -0.2) is 10.8 Å². The number of piperidine rings is 1. The van der Waals surface area contributed by atoms with Gasteiger partial charge in [0.25, 0.3) is 5.91 Å². The van der Waals surface area contributed by atoms with Crippen LogP contribution in [0.1, 0.15) is 23.8 Å². The lowest BCUT2D eigenvalue weighted by Crippen LogP contribution is -2.46. The quantitative estimate of drug-likeness (QED) is 0.515. The number of nitrogens with two attached hydrogens (primary N) is 1. The fourth-order valence-corrected chi connectivity index (χ4v) is 2.03. The molecule has 6 nitrogen and oxygen atoms in total. The Bertz CT molecular complexity index is 438. The van der Waals surface area contributed by atoms with Crippen LogP contribution in [0.15, 0.2) is 18.2 Å². The largest absolute Gasteiger partial charge is 0.391 e. The van der Waals surface area contributed by atoms with Crippen molar-refractivity contribution in [1.82, 2.24) is 9.88 Å². The number of aliphatic hydroxyl groups is 1. The second-order valence-corrected chi connectivity index (χ2v) is 4.64. The first kappa shape index (κ1) is 12.8. The Morgan fingerprint density at radius 1 is 1.61 bits per heavy atom. The zero-order valence-electron chi connectivity index (χ0n) is 10.3. The molecule has 6 heteroatoms. The maximum absolute atomic E-state index is 12.2. The molecule has 0 radical (unpaired) electrons. The maximum atomic E-state index is 12.2. The van der Waals surface area contributed by atoms with E-state index in [-0.39, 0.29) is 11.8 Å². The molecule has 18 heavy (non-hydrogen) atoms. The minimum absolute atomic E-state index is 0.168. The number of hydrazine groups is 1. The molecule has 1 aromatic heterocycles. The molecule has 1 aromatic rings. The van der Waals surface area contributed by atoms with Crippen LogP contribution in [0.25, 0.3) is 0 Å². The van der Waals surface area contributed by atoms with Crippen molar-refractivity contribution in [3.8, 4) is 0 Å². The van der Waals surface area contributed by atoms with E-state index in [9.17, 15) is 9.90 Å². The first-order chi connectivity index (χ1) is 8.61. The van der Waals surface area contributed by atoms with Gasteiger partial charge >= 0.3 is 0 Å². The summed E-state index contributed by atoms with van der Waals surface area (Å²) in [6.45, 7) is 3.00. The number of aliphatic hydroxyl groups excluding tert-OH is 1. The number of pyridine rings is 1. The first-order valence-corrected chi connectivity index (χ1v) is 6.03. The minimum Gasteiger partial charge on any atom is -0.391 e. The summed E-state index contributed by atoms with van der Waals surface area (Å²) in [6, 6.07) is 5.05. The number of amides is 1. The molecule has 0 aromatic carbocycles. The molecule has 4 N–H and O–H groups in total. The van der Waals surface area contributed by atoms with Gasteiger partial charge in [0.15, 0.2) is 0 Å². The van der Waals surface area contributed by atoms with Crippen molar-refractivity contribution in [1.29, 1.82) is 0 Å². The van der Waals surface area contributed by atoms with Crippen LogP contribution < -0.4 is 11.3 Å². The molecule has 1 aliphatic heterocycles. The number of hydrogen-bond acceptors (Lipinski definition) is 5. The fourth-order valence-electron chi connectivity index (χ4n) is 2.03. The number of nitrogens with one attached hydrogen (secondary N) is 1. The van der Waals surface area contributed by atoms with Crippen molar-refractivity contribution in [3.05, 3.63) is 23.9 Å². The Balaban J connectivity index is 2.11. The van der Waals surface area contributed by atoms with Crippen molar-refractivity contribution in [2.75, 3.05) is 18.5 Å². The number of carbonyl (C=O) groups excluding carboxylic acids is 1. The number of nitrogen functional groups attached to an aromatic ring is 1. The number of anilines is 1. The van der Waals surface area contributed by atoms with Crippen molar-refractivity contribution in [2.24, 2.45) is 11.8 Å². The highest BCUT2D eigenvalue weighted by Crippen LogP contribution is 2.18. The van der Waals surface area contributed by atoms with E-state index in [1.807, 2.05) is 6.92 Å². The van der Waals surface area contributed by atoms with E-state index >= 15 is 0 Å². The summed E-state index contributed by atoms with van der Waals surface area (Å²) >= 11 is 0. The van der Waals surface area contributed by atoms with Crippen molar-refractivity contribution in [3.63, 3.8) is 0 Å². The summed E-state index contributed by atoms with van der Waals surface area (Å²) in [6.07, 6.45) is 0.348. The molecule has 1 fully saturated rings. The van der Waals surface area contributed by atoms with Gasteiger partial charge in [0.05, 0.1) is 6.10 Å². The van der Waals surface area contributed by atoms with Gasteiger partial charge in [0.2, 0.25) is 0 Å². The lowest BCUT2D eigenvalue weighted by molar-refractivity contribution is 0.0245. The number of likely N-dealkylation sites (tertiary alicyclic amines) is 1. The topological polar surface area (TPSA) is 91.5 Å². The monoisotopic (exact) mass is 250 g/mol. The van der Waals surface area contributed by atoms with Crippen LogP contribution in [0.2, 0.25) is 0 Å². The average molecular weight is 250 g/mol. The number of rotatable bonds is 2. The lowest BCUT2D eigenvalue weighted by Gasteiger charge is -2.34. The number of β-amino-alcohol motifs (C(OH)–C–C–N with tert-alkyl or cyclic N) is 1. The van der Waals surface area contributed by atoms with Crippen LogP contribution in [0, 0.1) is 5.92 Å². The molecule has 2 rings (SSSR count). The number of carbonyl (C=O) groups is 1. The van der Waals surface area contributed by atoms with Crippen molar-refractivity contribution >= 4 is 11.7 Å². The van der Waals surface area contributed by atoms with Crippen LogP contribution in [0.3, 0.4) is 0 Å². The summed E-state index contributed by atoms with van der Waals surface area (Å²) in [4.78, 5) is 17.9. The molecule has 0 bridgehead atoms. The van der Waals surface area contributed by atoms with E-state index in [0.29, 0.717) is 24.6 Å². The first-order valence-electron chi connectivity index (χ1n) is 6.03. The van der Waals surface area contributed by atoms with Crippen LogP contribution >= 0.6 is 0 Å². The van der Waals surface area contributed by atoms with Crippen molar-refractivity contribution < 1.29 is 9.90 Å². The van der Waals surface area contributed by atoms with Gasteiger partial charge in [-0.2, -0.15) is 0 Å². The standard InChI is InChI=1S/C12H18N4O2/c1-8-5-6-16(7-10(8)17)12(18)9-3-2-4-11(14-9)15-13/h2-4,8,10,17H,5-7,13H2,1H3,(H,14,15).